The van der Waals surface area contributed by atoms with Crippen LogP contribution >= 0.6 is 0 Å². The summed E-state index contributed by atoms with van der Waals surface area (Å²) in [5.74, 6) is 0.974. The molecule has 0 aromatic carbocycles. The van der Waals surface area contributed by atoms with Gasteiger partial charge in [0.2, 0.25) is 21.8 Å². The Morgan fingerprint density at radius 2 is 2.13 bits per heavy atom. The van der Waals surface area contributed by atoms with Crippen molar-refractivity contribution in [1.82, 2.24) is 29.5 Å². The smallest absolute Gasteiger partial charge is 0.234 e. The predicted octanol–water partition coefficient (Wildman–Crippen LogP) is 0.689. The van der Waals surface area contributed by atoms with Gasteiger partial charge >= 0.3 is 0 Å². The van der Waals surface area contributed by atoms with Crippen LogP contribution in [-0.4, -0.2) is 63.9 Å². The van der Waals surface area contributed by atoms with Crippen molar-refractivity contribution >= 4 is 15.9 Å². The third-order valence-electron chi connectivity index (χ3n) is 6.29. The topological polar surface area (TPSA) is 123 Å². The van der Waals surface area contributed by atoms with Crippen LogP contribution in [0.25, 0.3) is 0 Å². The Bertz CT molecular complexity index is 1060. The van der Waals surface area contributed by atoms with Crippen LogP contribution in [0.15, 0.2) is 10.6 Å². The van der Waals surface area contributed by atoms with Crippen molar-refractivity contribution in [3.05, 3.63) is 29.2 Å². The summed E-state index contributed by atoms with van der Waals surface area (Å²) in [4.78, 5) is 17.0. The maximum Gasteiger partial charge on any atom is 0.234 e. The van der Waals surface area contributed by atoms with E-state index < -0.39 is 15.4 Å². The molecular formula is C19H28N6O4S. The minimum Gasteiger partial charge on any atom is -0.353 e. The molecule has 0 bridgehead atoms. The molecule has 0 radical (unpaired) electrons. The molecule has 3 heterocycles. The molecule has 1 aliphatic carbocycles. The zero-order chi connectivity index (χ0) is 21.7. The summed E-state index contributed by atoms with van der Waals surface area (Å²) in [6.45, 7) is 6.88. The number of carbonyl (C=O) groups is 1. The highest BCUT2D eigenvalue weighted by molar-refractivity contribution is 7.88. The fourth-order valence-electron chi connectivity index (χ4n) is 4.93. The molecule has 3 atom stereocenters. The Hall–Kier alpha value is -2.27. The Morgan fingerprint density at radius 1 is 1.37 bits per heavy atom. The molecule has 0 spiro atoms. The summed E-state index contributed by atoms with van der Waals surface area (Å²) in [5.41, 5.74) is 1.41. The van der Waals surface area contributed by atoms with E-state index in [1.165, 1.54) is 10.6 Å². The highest BCUT2D eigenvalue weighted by Gasteiger charge is 2.58. The van der Waals surface area contributed by atoms with Gasteiger partial charge < -0.3 is 9.84 Å². The first-order chi connectivity index (χ1) is 14.1. The molecule has 2 aromatic rings. The number of carbonyl (C=O) groups excluding carboxylic acids is 1. The van der Waals surface area contributed by atoms with Crippen LogP contribution < -0.4 is 5.32 Å². The van der Waals surface area contributed by atoms with E-state index in [0.29, 0.717) is 50.6 Å². The second-order valence-corrected chi connectivity index (χ2v) is 10.6. The van der Waals surface area contributed by atoms with E-state index >= 15 is 0 Å². The summed E-state index contributed by atoms with van der Waals surface area (Å²) in [7, 11) is -3.32. The summed E-state index contributed by atoms with van der Waals surface area (Å²) in [6.07, 6.45) is 2.82. The number of amides is 1. The molecule has 11 heteroatoms. The maximum absolute atomic E-state index is 12.6. The average molecular weight is 437 g/mol. The van der Waals surface area contributed by atoms with Crippen LogP contribution in [0, 0.1) is 26.7 Å². The van der Waals surface area contributed by atoms with Crippen molar-refractivity contribution in [2.75, 3.05) is 19.3 Å². The quantitative estimate of drug-likeness (QED) is 0.707. The average Bonchev–Trinajstić information content (AvgIpc) is 3.35. The number of hydrogen-bond acceptors (Lipinski definition) is 7. The number of sulfonamides is 1. The van der Waals surface area contributed by atoms with Crippen molar-refractivity contribution in [2.24, 2.45) is 5.92 Å². The monoisotopic (exact) mass is 436 g/mol. The van der Waals surface area contributed by atoms with Crippen molar-refractivity contribution in [3.63, 3.8) is 0 Å². The number of nitrogens with zero attached hydrogens (tertiary/aromatic N) is 5. The van der Waals surface area contributed by atoms with Crippen molar-refractivity contribution in [2.45, 2.75) is 58.0 Å². The van der Waals surface area contributed by atoms with Gasteiger partial charge in [-0.1, -0.05) is 5.16 Å². The highest BCUT2D eigenvalue weighted by Crippen LogP contribution is 2.50. The molecular weight excluding hydrogens is 408 g/mol. The highest BCUT2D eigenvalue weighted by atomic mass is 32.2. The largest absolute Gasteiger partial charge is 0.353 e. The van der Waals surface area contributed by atoms with Gasteiger partial charge in [0.25, 0.3) is 0 Å². The van der Waals surface area contributed by atoms with Crippen molar-refractivity contribution < 1.29 is 17.7 Å². The molecule has 2 fully saturated rings. The Kier molecular flexibility index (Phi) is 5.21. The molecule has 1 N–H and O–H groups in total. The SMILES string of the molecule is Cc1cc(C)n(CCC(=O)N[C@@H]2CC3CN(S(C)(=O)=O)C[C@@]3(c3nc(C)no3)C2)n1. The van der Waals surface area contributed by atoms with E-state index in [4.69, 9.17) is 4.52 Å². The molecule has 1 saturated carbocycles. The zero-order valence-corrected chi connectivity index (χ0v) is 18.6. The van der Waals surface area contributed by atoms with E-state index in [2.05, 4.69) is 20.6 Å². The van der Waals surface area contributed by atoms with Crippen LogP contribution in [0.5, 0.6) is 0 Å². The minimum absolute atomic E-state index is 0.0217. The first kappa shape index (κ1) is 21.0. The summed E-state index contributed by atoms with van der Waals surface area (Å²) in [5, 5.41) is 11.4. The molecule has 2 aliphatic rings. The number of nitrogens with one attached hydrogen (secondary N) is 1. The zero-order valence-electron chi connectivity index (χ0n) is 17.8. The second-order valence-electron chi connectivity index (χ2n) is 8.66. The number of rotatable bonds is 6. The van der Waals surface area contributed by atoms with Gasteiger partial charge in [0.1, 0.15) is 0 Å². The second kappa shape index (κ2) is 7.45. The summed E-state index contributed by atoms with van der Waals surface area (Å²) < 4.78 is 33.1. The lowest BCUT2D eigenvalue weighted by atomic mass is 9.80. The Morgan fingerprint density at radius 3 is 2.73 bits per heavy atom. The van der Waals surface area contributed by atoms with Crippen LogP contribution in [0.3, 0.4) is 0 Å². The molecule has 1 unspecified atom stereocenters. The van der Waals surface area contributed by atoms with Crippen LogP contribution in [0.2, 0.25) is 0 Å². The summed E-state index contributed by atoms with van der Waals surface area (Å²) in [6, 6.07) is 1.93. The molecule has 1 amide bonds. The Balaban J connectivity index is 1.45. The lowest BCUT2D eigenvalue weighted by Crippen LogP contribution is -2.39. The van der Waals surface area contributed by atoms with Gasteiger partial charge in [0, 0.05) is 37.8 Å². The van der Waals surface area contributed by atoms with E-state index in [-0.39, 0.29) is 17.9 Å². The molecule has 1 saturated heterocycles. The third kappa shape index (κ3) is 3.87. The van der Waals surface area contributed by atoms with E-state index in [0.717, 1.165) is 11.4 Å². The maximum atomic E-state index is 12.6. The van der Waals surface area contributed by atoms with E-state index in [1.54, 1.807) is 6.92 Å². The molecule has 164 valence electrons. The van der Waals surface area contributed by atoms with Gasteiger partial charge in [-0.2, -0.15) is 10.1 Å². The molecule has 2 aromatic heterocycles. The van der Waals surface area contributed by atoms with Gasteiger partial charge in [-0.15, -0.1) is 0 Å². The predicted molar refractivity (Wildman–Crippen MR) is 108 cm³/mol. The van der Waals surface area contributed by atoms with E-state index in [9.17, 15) is 13.2 Å². The van der Waals surface area contributed by atoms with Crippen LogP contribution in [-0.2, 0) is 26.8 Å². The number of fused-ring (bicyclic) bond motifs is 1. The van der Waals surface area contributed by atoms with E-state index in [1.807, 2.05) is 24.6 Å². The Labute approximate surface area is 176 Å². The molecule has 10 nitrogen and oxygen atoms in total. The first-order valence-corrected chi connectivity index (χ1v) is 12.0. The van der Waals surface area contributed by atoms with Crippen LogP contribution in [0.4, 0.5) is 0 Å². The number of hydrogen-bond donors (Lipinski definition) is 1. The standard InChI is InChI=1S/C19H28N6O4S/c1-12-7-13(2)25(22-12)6-5-17(26)21-16-8-15-10-24(30(4,27)28)11-19(15,9-16)18-20-14(3)23-29-18/h7,15-16H,5-6,8-11H2,1-4H3,(H,21,26)/t15?,16-,19+/m1/s1. The van der Waals surface area contributed by atoms with Gasteiger partial charge in [0.15, 0.2) is 5.82 Å². The van der Waals surface area contributed by atoms with Gasteiger partial charge in [0.05, 0.1) is 17.4 Å². The normalized spacial score (nSPS) is 26.8. The van der Waals surface area contributed by atoms with Crippen LogP contribution in [0.1, 0.15) is 42.4 Å². The minimum atomic E-state index is -3.32. The lowest BCUT2D eigenvalue weighted by molar-refractivity contribution is -0.122. The fourth-order valence-corrected chi connectivity index (χ4v) is 5.84. The first-order valence-electron chi connectivity index (χ1n) is 10.1. The lowest BCUT2D eigenvalue weighted by Gasteiger charge is -2.24. The summed E-state index contributed by atoms with van der Waals surface area (Å²) >= 11 is 0. The molecule has 4 rings (SSSR count). The van der Waals surface area contributed by atoms with Gasteiger partial charge in [-0.25, -0.2) is 12.7 Å². The van der Waals surface area contributed by atoms with Gasteiger partial charge in [-0.05, 0) is 45.6 Å². The molecule has 30 heavy (non-hydrogen) atoms. The molecule has 1 aliphatic heterocycles. The van der Waals surface area contributed by atoms with Crippen molar-refractivity contribution in [1.29, 1.82) is 0 Å². The van der Waals surface area contributed by atoms with Crippen molar-refractivity contribution in [3.8, 4) is 0 Å². The fraction of sp³-hybridized carbons (Fsp3) is 0.684. The third-order valence-corrected chi connectivity index (χ3v) is 7.50. The van der Waals surface area contributed by atoms with Gasteiger partial charge in [-0.3, -0.25) is 9.48 Å². The number of aromatic nitrogens is 4. The number of aryl methyl sites for hydroxylation is 4.